The normalized spacial score (nSPS) is 25.9. The smallest absolute Gasteiger partial charge is 0.475 e. The largest absolute Gasteiger partial charge is 0.490 e. The van der Waals surface area contributed by atoms with Gasteiger partial charge < -0.3 is 19.5 Å². The van der Waals surface area contributed by atoms with Crippen molar-refractivity contribution in [1.29, 1.82) is 0 Å². The van der Waals surface area contributed by atoms with Gasteiger partial charge in [0.1, 0.15) is 0 Å². The third kappa shape index (κ3) is 7.42. The van der Waals surface area contributed by atoms with Crippen LogP contribution in [-0.4, -0.2) is 91.6 Å². The first-order valence-corrected chi connectivity index (χ1v) is 10.1. The zero-order valence-corrected chi connectivity index (χ0v) is 16.8. The number of carboxylic acid groups (broad SMARTS) is 1. The third-order valence-electron chi connectivity index (χ3n) is 5.82. The van der Waals surface area contributed by atoms with Crippen LogP contribution >= 0.6 is 0 Å². The summed E-state index contributed by atoms with van der Waals surface area (Å²) in [5.74, 6) is -1.76. The second-order valence-corrected chi connectivity index (χ2v) is 7.79. The van der Waals surface area contributed by atoms with E-state index < -0.39 is 12.1 Å². The highest BCUT2D eigenvalue weighted by Gasteiger charge is 2.39. The van der Waals surface area contributed by atoms with Gasteiger partial charge in [-0.1, -0.05) is 12.8 Å². The summed E-state index contributed by atoms with van der Waals surface area (Å²) in [6.07, 6.45) is 2.05. The highest BCUT2D eigenvalue weighted by molar-refractivity contribution is 5.76. The summed E-state index contributed by atoms with van der Waals surface area (Å²) in [5.41, 5.74) is 0. The summed E-state index contributed by atoms with van der Waals surface area (Å²) in [6, 6.07) is 0.352. The number of likely N-dealkylation sites (tertiary alicyclic amines) is 1. The van der Waals surface area contributed by atoms with Gasteiger partial charge in [0.2, 0.25) is 5.91 Å². The topological polar surface area (TPSA) is 79.3 Å². The van der Waals surface area contributed by atoms with Crippen LogP contribution in [0.3, 0.4) is 0 Å². The van der Waals surface area contributed by atoms with Gasteiger partial charge in [0.05, 0.1) is 25.4 Å². The number of carbonyl (C=O) groups is 2. The predicted octanol–water partition coefficient (Wildman–Crippen LogP) is 2.15. The average molecular weight is 424 g/mol. The number of morpholine rings is 1. The lowest BCUT2D eigenvalue weighted by Gasteiger charge is -2.47. The molecule has 2 saturated heterocycles. The molecule has 0 bridgehead atoms. The van der Waals surface area contributed by atoms with Crippen molar-refractivity contribution in [3.05, 3.63) is 0 Å². The van der Waals surface area contributed by atoms with Gasteiger partial charge in [0.15, 0.2) is 0 Å². The van der Waals surface area contributed by atoms with Crippen molar-refractivity contribution in [2.24, 2.45) is 5.92 Å². The molecule has 0 aromatic heterocycles. The molecular weight excluding hydrogens is 393 g/mol. The van der Waals surface area contributed by atoms with Gasteiger partial charge >= 0.3 is 12.1 Å². The van der Waals surface area contributed by atoms with E-state index in [0.717, 1.165) is 52.2 Å². The number of ether oxygens (including phenoxy) is 2. The van der Waals surface area contributed by atoms with Crippen LogP contribution in [0, 0.1) is 5.92 Å². The fraction of sp³-hybridized carbons (Fsp3) is 0.895. The van der Waals surface area contributed by atoms with E-state index in [1.807, 2.05) is 0 Å². The SMILES string of the molecule is COCCN1CCO[C@H]2CCN(C(=O)CC3CCCC3)C[C@@H]21.O=C(O)C(F)(F)F. The first kappa shape index (κ1) is 23.9. The third-order valence-corrected chi connectivity index (χ3v) is 5.82. The molecule has 7 nitrogen and oxygen atoms in total. The zero-order valence-electron chi connectivity index (χ0n) is 16.8. The van der Waals surface area contributed by atoms with E-state index in [9.17, 15) is 18.0 Å². The maximum Gasteiger partial charge on any atom is 0.490 e. The van der Waals surface area contributed by atoms with Gasteiger partial charge in [-0.2, -0.15) is 13.2 Å². The molecule has 1 amide bonds. The van der Waals surface area contributed by atoms with Gasteiger partial charge in [0.25, 0.3) is 0 Å². The van der Waals surface area contributed by atoms with Gasteiger partial charge in [-0.25, -0.2) is 4.79 Å². The van der Waals surface area contributed by atoms with Crippen LogP contribution in [-0.2, 0) is 19.1 Å². The Balaban J connectivity index is 0.000000370. The molecule has 2 aliphatic heterocycles. The molecule has 29 heavy (non-hydrogen) atoms. The second kappa shape index (κ2) is 11.1. The number of hydrogen-bond acceptors (Lipinski definition) is 5. The minimum Gasteiger partial charge on any atom is -0.475 e. The fourth-order valence-corrected chi connectivity index (χ4v) is 4.25. The zero-order chi connectivity index (χ0) is 21.4. The van der Waals surface area contributed by atoms with Crippen molar-refractivity contribution >= 4 is 11.9 Å². The van der Waals surface area contributed by atoms with Crippen molar-refractivity contribution < 1.29 is 37.3 Å². The molecule has 0 aromatic rings. The van der Waals surface area contributed by atoms with Crippen LogP contribution in [0.15, 0.2) is 0 Å². The van der Waals surface area contributed by atoms with Crippen LogP contribution in [0.5, 0.6) is 0 Å². The van der Waals surface area contributed by atoms with Gasteiger partial charge in [-0.15, -0.1) is 0 Å². The van der Waals surface area contributed by atoms with Gasteiger partial charge in [0, 0.05) is 39.7 Å². The first-order valence-electron chi connectivity index (χ1n) is 10.1. The van der Waals surface area contributed by atoms with Crippen LogP contribution in [0.2, 0.25) is 0 Å². The number of alkyl halides is 3. The van der Waals surface area contributed by atoms with Gasteiger partial charge in [-0.05, 0) is 25.2 Å². The molecule has 10 heteroatoms. The highest BCUT2D eigenvalue weighted by Crippen LogP contribution is 2.29. The lowest BCUT2D eigenvalue weighted by atomic mass is 9.97. The Labute approximate surface area is 169 Å². The number of nitrogens with zero attached hydrogens (tertiary/aromatic N) is 2. The number of hydrogen-bond donors (Lipinski definition) is 1. The van der Waals surface area contributed by atoms with E-state index in [4.69, 9.17) is 19.4 Å². The maximum absolute atomic E-state index is 12.6. The Bertz CT molecular complexity index is 540. The minimum absolute atomic E-state index is 0.293. The highest BCUT2D eigenvalue weighted by atomic mass is 19.4. The van der Waals surface area contributed by atoms with Crippen molar-refractivity contribution in [3.8, 4) is 0 Å². The summed E-state index contributed by atoms with van der Waals surface area (Å²) in [5, 5.41) is 7.12. The number of aliphatic carboxylic acids is 1. The average Bonchev–Trinajstić information content (AvgIpc) is 3.18. The van der Waals surface area contributed by atoms with Crippen molar-refractivity contribution in [2.45, 2.75) is 56.8 Å². The molecule has 0 radical (unpaired) electrons. The van der Waals surface area contributed by atoms with E-state index in [-0.39, 0.29) is 0 Å². The Morgan fingerprint density at radius 2 is 1.83 bits per heavy atom. The number of carboxylic acids is 1. The molecule has 0 unspecified atom stereocenters. The number of rotatable bonds is 5. The molecular formula is C19H31F3N2O5. The summed E-state index contributed by atoms with van der Waals surface area (Å²) in [6.45, 7) is 5.14. The minimum atomic E-state index is -5.08. The number of halogens is 3. The van der Waals surface area contributed by atoms with Gasteiger partial charge in [-0.3, -0.25) is 9.69 Å². The maximum atomic E-state index is 12.6. The van der Waals surface area contributed by atoms with E-state index in [2.05, 4.69) is 9.80 Å². The molecule has 1 aliphatic carbocycles. The summed E-state index contributed by atoms with van der Waals surface area (Å²) >= 11 is 0. The summed E-state index contributed by atoms with van der Waals surface area (Å²) < 4.78 is 42.9. The van der Waals surface area contributed by atoms with E-state index in [1.54, 1.807) is 7.11 Å². The molecule has 3 rings (SSSR count). The van der Waals surface area contributed by atoms with E-state index >= 15 is 0 Å². The lowest BCUT2D eigenvalue weighted by Crippen LogP contribution is -2.61. The molecule has 1 N–H and O–H groups in total. The lowest BCUT2D eigenvalue weighted by molar-refractivity contribution is -0.192. The Morgan fingerprint density at radius 1 is 1.17 bits per heavy atom. The molecule has 3 fully saturated rings. The van der Waals surface area contributed by atoms with Crippen molar-refractivity contribution in [3.63, 3.8) is 0 Å². The van der Waals surface area contributed by atoms with Crippen LogP contribution in [0.25, 0.3) is 0 Å². The van der Waals surface area contributed by atoms with E-state index in [0.29, 0.717) is 24.0 Å². The Kier molecular flexibility index (Phi) is 9.16. The predicted molar refractivity (Wildman–Crippen MR) is 98.4 cm³/mol. The number of methoxy groups -OCH3 is 1. The second-order valence-electron chi connectivity index (χ2n) is 7.79. The molecule has 3 aliphatic rings. The molecule has 0 aromatic carbocycles. The van der Waals surface area contributed by atoms with Crippen LogP contribution in [0.4, 0.5) is 13.2 Å². The molecule has 1 saturated carbocycles. The molecule has 0 spiro atoms. The fourth-order valence-electron chi connectivity index (χ4n) is 4.25. The Hall–Kier alpha value is -1.39. The number of amides is 1. The van der Waals surface area contributed by atoms with Crippen molar-refractivity contribution in [2.75, 3.05) is 46.5 Å². The molecule has 168 valence electrons. The van der Waals surface area contributed by atoms with E-state index in [1.165, 1.54) is 25.7 Å². The quantitative estimate of drug-likeness (QED) is 0.729. The van der Waals surface area contributed by atoms with Crippen molar-refractivity contribution in [1.82, 2.24) is 9.80 Å². The monoisotopic (exact) mass is 424 g/mol. The first-order chi connectivity index (χ1) is 13.7. The standard InChI is InChI=1S/C17H30N2O3.C2HF3O2/c1-21-10-8-18-9-11-22-16-6-7-19(13-15(16)18)17(20)12-14-4-2-3-5-14;3-2(4,5)1(6)7/h14-16H,2-13H2,1H3;(H,6,7)/t15-,16-;/m0./s1. The number of fused-ring (bicyclic) bond motifs is 1. The Morgan fingerprint density at radius 3 is 2.41 bits per heavy atom. The molecule has 2 atom stereocenters. The summed E-state index contributed by atoms with van der Waals surface area (Å²) in [7, 11) is 1.75. The van der Waals surface area contributed by atoms with Crippen LogP contribution < -0.4 is 0 Å². The summed E-state index contributed by atoms with van der Waals surface area (Å²) in [4.78, 5) is 26.0. The number of piperidine rings is 1. The van der Waals surface area contributed by atoms with Crippen LogP contribution in [0.1, 0.15) is 38.5 Å². The number of carbonyl (C=O) groups excluding carboxylic acids is 1. The molecule has 2 heterocycles.